The van der Waals surface area contributed by atoms with Crippen molar-refractivity contribution in [1.82, 2.24) is 0 Å². The number of anilines is 1. The lowest BCUT2D eigenvalue weighted by Gasteiger charge is -2.14. The monoisotopic (exact) mass is 365 g/mol. The predicted octanol–water partition coefficient (Wildman–Crippen LogP) is 3.98. The van der Waals surface area contributed by atoms with Crippen molar-refractivity contribution in [3.05, 3.63) is 58.4 Å². The maximum Gasteiger partial charge on any atom is 0.339 e. The van der Waals surface area contributed by atoms with E-state index in [1.807, 2.05) is 0 Å². The Morgan fingerprint density at radius 2 is 1.92 bits per heavy atom. The third-order valence-electron chi connectivity index (χ3n) is 3.48. The van der Waals surface area contributed by atoms with Gasteiger partial charge in [-0.25, -0.2) is 9.18 Å². The standard InChI is InChI=1S/C18H17ClFNO4/c1-10-4-5-12(8-15(10)20)18(23)25-11(2)17(22)21-13-6-7-16(24-3)14(19)9-13/h4-9,11H,1-3H3,(H,21,22)/t11-/m0/s1. The molecule has 132 valence electrons. The first-order valence-corrected chi connectivity index (χ1v) is 7.81. The van der Waals surface area contributed by atoms with E-state index in [0.717, 1.165) is 6.07 Å². The van der Waals surface area contributed by atoms with Crippen molar-refractivity contribution in [2.24, 2.45) is 0 Å². The first kappa shape index (κ1) is 18.7. The van der Waals surface area contributed by atoms with E-state index < -0.39 is 23.8 Å². The number of ether oxygens (including phenoxy) is 2. The summed E-state index contributed by atoms with van der Waals surface area (Å²) in [5.74, 6) is -1.36. The molecule has 2 aromatic carbocycles. The topological polar surface area (TPSA) is 64.6 Å². The van der Waals surface area contributed by atoms with Crippen molar-refractivity contribution in [1.29, 1.82) is 0 Å². The fourth-order valence-electron chi connectivity index (χ4n) is 1.99. The molecule has 2 aromatic rings. The highest BCUT2D eigenvalue weighted by Crippen LogP contribution is 2.27. The predicted molar refractivity (Wildman–Crippen MR) is 92.6 cm³/mol. The Bertz CT molecular complexity index is 810. The third kappa shape index (κ3) is 4.70. The number of carbonyl (C=O) groups excluding carboxylic acids is 2. The van der Waals surface area contributed by atoms with Gasteiger partial charge in [0.05, 0.1) is 17.7 Å². The van der Waals surface area contributed by atoms with Gasteiger partial charge < -0.3 is 14.8 Å². The number of hydrogen-bond acceptors (Lipinski definition) is 4. The van der Waals surface area contributed by atoms with E-state index >= 15 is 0 Å². The Balaban J connectivity index is 2.01. The van der Waals surface area contributed by atoms with E-state index in [1.165, 1.54) is 32.2 Å². The number of hydrogen-bond donors (Lipinski definition) is 1. The molecule has 0 spiro atoms. The summed E-state index contributed by atoms with van der Waals surface area (Å²) in [7, 11) is 1.48. The SMILES string of the molecule is COc1ccc(NC(=O)[C@H](C)OC(=O)c2ccc(C)c(F)c2)cc1Cl. The molecule has 0 aliphatic rings. The van der Waals surface area contributed by atoms with Gasteiger partial charge in [0.2, 0.25) is 0 Å². The second kappa shape index (κ2) is 7.98. The molecule has 0 aliphatic carbocycles. The molecule has 0 bridgehead atoms. The van der Waals surface area contributed by atoms with Crippen LogP contribution in [0.25, 0.3) is 0 Å². The van der Waals surface area contributed by atoms with E-state index in [1.54, 1.807) is 19.1 Å². The summed E-state index contributed by atoms with van der Waals surface area (Å²) >= 11 is 5.99. The number of esters is 1. The van der Waals surface area contributed by atoms with Crippen LogP contribution in [0.1, 0.15) is 22.8 Å². The van der Waals surface area contributed by atoms with Crippen molar-refractivity contribution in [3.63, 3.8) is 0 Å². The summed E-state index contributed by atoms with van der Waals surface area (Å²) < 4.78 is 23.6. The Morgan fingerprint density at radius 3 is 2.52 bits per heavy atom. The average Bonchev–Trinajstić information content (AvgIpc) is 2.57. The minimum absolute atomic E-state index is 0.0373. The lowest BCUT2D eigenvalue weighted by molar-refractivity contribution is -0.123. The van der Waals surface area contributed by atoms with Crippen molar-refractivity contribution in [2.45, 2.75) is 20.0 Å². The summed E-state index contributed by atoms with van der Waals surface area (Å²) in [4.78, 5) is 24.1. The number of halogens is 2. The van der Waals surface area contributed by atoms with Gasteiger partial charge in [-0.2, -0.15) is 0 Å². The summed E-state index contributed by atoms with van der Waals surface area (Å²) in [5.41, 5.74) is 0.883. The minimum atomic E-state index is -1.07. The van der Waals surface area contributed by atoms with Gasteiger partial charge in [0.25, 0.3) is 5.91 Å². The van der Waals surface area contributed by atoms with Gasteiger partial charge in [-0.05, 0) is 49.7 Å². The molecule has 25 heavy (non-hydrogen) atoms. The van der Waals surface area contributed by atoms with E-state index in [9.17, 15) is 14.0 Å². The number of rotatable bonds is 5. The first-order valence-electron chi connectivity index (χ1n) is 7.43. The molecule has 1 amide bonds. The smallest absolute Gasteiger partial charge is 0.339 e. The highest BCUT2D eigenvalue weighted by atomic mass is 35.5. The number of methoxy groups -OCH3 is 1. The van der Waals surface area contributed by atoms with Gasteiger partial charge in [-0.3, -0.25) is 4.79 Å². The van der Waals surface area contributed by atoms with Gasteiger partial charge in [0.15, 0.2) is 6.10 Å². The molecule has 1 atom stereocenters. The maximum absolute atomic E-state index is 13.5. The van der Waals surface area contributed by atoms with E-state index in [4.69, 9.17) is 21.1 Å². The number of amides is 1. The second-order valence-electron chi connectivity index (χ2n) is 5.35. The molecule has 0 heterocycles. The second-order valence-corrected chi connectivity index (χ2v) is 5.76. The Morgan fingerprint density at radius 1 is 1.20 bits per heavy atom. The van der Waals surface area contributed by atoms with E-state index in [0.29, 0.717) is 22.0 Å². The molecule has 0 radical (unpaired) electrons. The van der Waals surface area contributed by atoms with Crippen molar-refractivity contribution < 1.29 is 23.5 Å². The van der Waals surface area contributed by atoms with Crippen molar-refractivity contribution in [3.8, 4) is 5.75 Å². The quantitative estimate of drug-likeness (QED) is 0.814. The fraction of sp³-hybridized carbons (Fsp3) is 0.222. The van der Waals surface area contributed by atoms with Gasteiger partial charge in [0.1, 0.15) is 11.6 Å². The lowest BCUT2D eigenvalue weighted by atomic mass is 10.1. The van der Waals surface area contributed by atoms with Crippen LogP contribution in [-0.4, -0.2) is 25.1 Å². The van der Waals surface area contributed by atoms with E-state index in [-0.39, 0.29) is 5.56 Å². The van der Waals surface area contributed by atoms with Crippen LogP contribution in [0.2, 0.25) is 5.02 Å². The van der Waals surface area contributed by atoms with Crippen molar-refractivity contribution in [2.75, 3.05) is 12.4 Å². The molecule has 0 aliphatic heterocycles. The zero-order valence-corrected chi connectivity index (χ0v) is 14.7. The highest BCUT2D eigenvalue weighted by Gasteiger charge is 2.20. The number of aryl methyl sites for hydroxylation is 1. The molecule has 0 saturated heterocycles. The van der Waals surface area contributed by atoms with Crippen LogP contribution in [-0.2, 0) is 9.53 Å². The molecule has 2 rings (SSSR count). The normalized spacial score (nSPS) is 11.6. The van der Waals surface area contributed by atoms with Crippen LogP contribution in [0.4, 0.5) is 10.1 Å². The zero-order valence-electron chi connectivity index (χ0n) is 13.9. The highest BCUT2D eigenvalue weighted by molar-refractivity contribution is 6.32. The number of nitrogens with one attached hydrogen (secondary N) is 1. The van der Waals surface area contributed by atoms with Crippen LogP contribution in [0.3, 0.4) is 0 Å². The molecule has 0 unspecified atom stereocenters. The third-order valence-corrected chi connectivity index (χ3v) is 3.78. The van der Waals surface area contributed by atoms with Crippen LogP contribution >= 0.6 is 11.6 Å². The molecule has 0 saturated carbocycles. The lowest BCUT2D eigenvalue weighted by Crippen LogP contribution is -2.30. The van der Waals surface area contributed by atoms with Crippen molar-refractivity contribution >= 4 is 29.2 Å². The van der Waals surface area contributed by atoms with Crippen LogP contribution in [0.5, 0.6) is 5.75 Å². The minimum Gasteiger partial charge on any atom is -0.495 e. The van der Waals surface area contributed by atoms with Crippen LogP contribution in [0, 0.1) is 12.7 Å². The van der Waals surface area contributed by atoms with Gasteiger partial charge in [0, 0.05) is 5.69 Å². The molecule has 1 N–H and O–H groups in total. The number of carbonyl (C=O) groups is 2. The molecular formula is C18H17ClFNO4. The molecule has 0 aromatic heterocycles. The zero-order chi connectivity index (χ0) is 18.6. The number of benzene rings is 2. The molecule has 7 heteroatoms. The van der Waals surface area contributed by atoms with Crippen LogP contribution in [0.15, 0.2) is 36.4 Å². The van der Waals surface area contributed by atoms with E-state index in [2.05, 4.69) is 5.32 Å². The first-order chi connectivity index (χ1) is 11.8. The van der Waals surface area contributed by atoms with Gasteiger partial charge in [-0.1, -0.05) is 17.7 Å². The Hall–Kier alpha value is -2.60. The van der Waals surface area contributed by atoms with Crippen LogP contribution < -0.4 is 10.1 Å². The molecule has 5 nitrogen and oxygen atoms in total. The van der Waals surface area contributed by atoms with Gasteiger partial charge in [-0.15, -0.1) is 0 Å². The fourth-order valence-corrected chi connectivity index (χ4v) is 2.25. The Labute approximate surface area is 149 Å². The summed E-state index contributed by atoms with van der Waals surface area (Å²) in [6, 6.07) is 8.70. The average molecular weight is 366 g/mol. The summed E-state index contributed by atoms with van der Waals surface area (Å²) in [6.07, 6.45) is -1.07. The van der Waals surface area contributed by atoms with Gasteiger partial charge >= 0.3 is 5.97 Å². The summed E-state index contributed by atoms with van der Waals surface area (Å²) in [6.45, 7) is 3.00. The maximum atomic E-state index is 13.5. The molecule has 0 fully saturated rings. The molecular weight excluding hydrogens is 349 g/mol. The Kier molecular flexibility index (Phi) is 5.98. The summed E-state index contributed by atoms with van der Waals surface area (Å²) in [5, 5.41) is 2.91. The largest absolute Gasteiger partial charge is 0.495 e.